The van der Waals surface area contributed by atoms with Crippen molar-refractivity contribution < 1.29 is 4.79 Å². The summed E-state index contributed by atoms with van der Waals surface area (Å²) in [5, 5.41) is 6.88. The van der Waals surface area contributed by atoms with Crippen LogP contribution in [0.5, 0.6) is 0 Å². The minimum absolute atomic E-state index is 0.260. The summed E-state index contributed by atoms with van der Waals surface area (Å²) in [5.74, 6) is -0.260. The summed E-state index contributed by atoms with van der Waals surface area (Å²) in [6.45, 7) is 3.58. The minimum atomic E-state index is -0.260. The SMILES string of the molecule is C=CC=CCc1cccc(C(=O)C=N)c1. The molecular weight excluding hydrogens is 186 g/mol. The fraction of sp³-hybridized carbons (Fsp3) is 0.0769. The predicted molar refractivity (Wildman–Crippen MR) is 62.6 cm³/mol. The van der Waals surface area contributed by atoms with Crippen molar-refractivity contribution in [3.63, 3.8) is 0 Å². The van der Waals surface area contributed by atoms with Crippen molar-refractivity contribution in [2.45, 2.75) is 6.42 Å². The number of ketones is 1. The maximum absolute atomic E-state index is 11.2. The summed E-state index contributed by atoms with van der Waals surface area (Å²) in [6.07, 6.45) is 7.16. The van der Waals surface area contributed by atoms with Crippen LogP contribution in [0.4, 0.5) is 0 Å². The van der Waals surface area contributed by atoms with Gasteiger partial charge in [-0.25, -0.2) is 0 Å². The topological polar surface area (TPSA) is 40.9 Å². The average molecular weight is 199 g/mol. The van der Waals surface area contributed by atoms with Crippen LogP contribution >= 0.6 is 0 Å². The van der Waals surface area contributed by atoms with Gasteiger partial charge in [0, 0.05) is 5.56 Å². The lowest BCUT2D eigenvalue weighted by Crippen LogP contribution is -1.99. The fourth-order valence-corrected chi connectivity index (χ4v) is 1.24. The van der Waals surface area contributed by atoms with Crippen molar-refractivity contribution in [1.29, 1.82) is 5.41 Å². The Morgan fingerprint density at radius 2 is 2.27 bits per heavy atom. The van der Waals surface area contributed by atoms with Crippen LogP contribution in [0.3, 0.4) is 0 Å². The summed E-state index contributed by atoms with van der Waals surface area (Å²) in [4.78, 5) is 11.2. The van der Waals surface area contributed by atoms with Crippen LogP contribution in [0.2, 0.25) is 0 Å². The normalized spacial score (nSPS) is 10.1. The standard InChI is InChI=1S/C13H13NO/c1-2-3-4-6-11-7-5-8-12(9-11)13(15)10-14/h2-5,7-10,14H,1,6H2. The van der Waals surface area contributed by atoms with Gasteiger partial charge in [0.05, 0.1) is 6.21 Å². The third-order valence-corrected chi connectivity index (χ3v) is 1.97. The molecule has 1 aromatic carbocycles. The highest BCUT2D eigenvalue weighted by molar-refractivity contribution is 6.34. The summed E-state index contributed by atoms with van der Waals surface area (Å²) in [6, 6.07) is 7.30. The quantitative estimate of drug-likeness (QED) is 0.442. The molecule has 1 N–H and O–H groups in total. The molecule has 0 atom stereocenters. The molecule has 2 nitrogen and oxygen atoms in total. The molecule has 0 saturated carbocycles. The maximum atomic E-state index is 11.2. The largest absolute Gasteiger partial charge is 0.305 e. The number of Topliss-reactive ketones (excluding diaryl/α,β-unsaturated/α-hetero) is 1. The van der Waals surface area contributed by atoms with Gasteiger partial charge < -0.3 is 5.41 Å². The smallest absolute Gasteiger partial charge is 0.203 e. The molecule has 1 rings (SSSR count). The molecule has 0 fully saturated rings. The first kappa shape index (κ1) is 11.1. The number of allylic oxidation sites excluding steroid dienone is 3. The lowest BCUT2D eigenvalue weighted by Gasteiger charge is -1.99. The lowest BCUT2D eigenvalue weighted by molar-refractivity contribution is 0.107. The molecule has 0 amide bonds. The van der Waals surface area contributed by atoms with Crippen LogP contribution in [0.1, 0.15) is 15.9 Å². The van der Waals surface area contributed by atoms with E-state index in [1.807, 2.05) is 24.3 Å². The van der Waals surface area contributed by atoms with Crippen molar-refractivity contribution in [3.05, 3.63) is 60.2 Å². The molecule has 2 heteroatoms. The molecule has 15 heavy (non-hydrogen) atoms. The first-order chi connectivity index (χ1) is 7.27. The second kappa shape index (κ2) is 5.70. The van der Waals surface area contributed by atoms with E-state index >= 15 is 0 Å². The Balaban J connectivity index is 2.82. The zero-order valence-corrected chi connectivity index (χ0v) is 8.44. The molecule has 0 aliphatic rings. The fourth-order valence-electron chi connectivity index (χ4n) is 1.24. The Labute approximate surface area is 89.5 Å². The molecular formula is C13H13NO. The van der Waals surface area contributed by atoms with Gasteiger partial charge >= 0.3 is 0 Å². The van der Waals surface area contributed by atoms with Crippen LogP contribution in [0.15, 0.2) is 49.1 Å². The number of rotatable bonds is 5. The molecule has 0 aliphatic carbocycles. The Hall–Kier alpha value is -1.96. The number of hydrogen-bond donors (Lipinski definition) is 1. The molecule has 0 saturated heterocycles. The van der Waals surface area contributed by atoms with Gasteiger partial charge in [-0.3, -0.25) is 4.79 Å². The van der Waals surface area contributed by atoms with Crippen molar-refractivity contribution in [2.24, 2.45) is 0 Å². The van der Waals surface area contributed by atoms with E-state index in [0.29, 0.717) is 5.56 Å². The Morgan fingerprint density at radius 3 is 2.93 bits per heavy atom. The van der Waals surface area contributed by atoms with E-state index in [-0.39, 0.29) is 5.78 Å². The van der Waals surface area contributed by atoms with E-state index in [1.54, 1.807) is 18.2 Å². The molecule has 0 aromatic heterocycles. The Bertz CT molecular complexity index is 405. The zero-order chi connectivity index (χ0) is 11.1. The highest BCUT2D eigenvalue weighted by atomic mass is 16.1. The van der Waals surface area contributed by atoms with Crippen LogP contribution in [0, 0.1) is 5.41 Å². The van der Waals surface area contributed by atoms with Gasteiger partial charge in [0.1, 0.15) is 0 Å². The van der Waals surface area contributed by atoms with E-state index in [9.17, 15) is 4.79 Å². The molecule has 76 valence electrons. The highest BCUT2D eigenvalue weighted by Gasteiger charge is 2.01. The van der Waals surface area contributed by atoms with Crippen molar-refractivity contribution in [3.8, 4) is 0 Å². The van der Waals surface area contributed by atoms with Crippen molar-refractivity contribution in [1.82, 2.24) is 0 Å². The van der Waals surface area contributed by atoms with Crippen molar-refractivity contribution in [2.75, 3.05) is 0 Å². The second-order valence-electron chi connectivity index (χ2n) is 3.08. The number of carbonyl (C=O) groups excluding carboxylic acids is 1. The van der Waals surface area contributed by atoms with Gasteiger partial charge in [-0.05, 0) is 18.1 Å². The van der Waals surface area contributed by atoms with E-state index in [4.69, 9.17) is 5.41 Å². The maximum Gasteiger partial charge on any atom is 0.203 e. The number of carbonyl (C=O) groups is 1. The molecule has 0 unspecified atom stereocenters. The highest BCUT2D eigenvalue weighted by Crippen LogP contribution is 2.06. The van der Waals surface area contributed by atoms with Crippen LogP contribution in [-0.4, -0.2) is 12.0 Å². The predicted octanol–water partition coefficient (Wildman–Crippen LogP) is 2.80. The molecule has 0 bridgehead atoms. The van der Waals surface area contributed by atoms with E-state index in [0.717, 1.165) is 18.2 Å². The average Bonchev–Trinajstić information content (AvgIpc) is 2.29. The minimum Gasteiger partial charge on any atom is -0.305 e. The summed E-state index contributed by atoms with van der Waals surface area (Å²) < 4.78 is 0. The van der Waals surface area contributed by atoms with Gasteiger partial charge in [-0.2, -0.15) is 0 Å². The van der Waals surface area contributed by atoms with Crippen LogP contribution < -0.4 is 0 Å². The number of benzene rings is 1. The van der Waals surface area contributed by atoms with Crippen LogP contribution in [-0.2, 0) is 6.42 Å². The lowest BCUT2D eigenvalue weighted by atomic mass is 10.1. The Morgan fingerprint density at radius 1 is 1.47 bits per heavy atom. The van der Waals surface area contributed by atoms with Gasteiger partial charge in [0.25, 0.3) is 0 Å². The van der Waals surface area contributed by atoms with Crippen LogP contribution in [0.25, 0.3) is 0 Å². The van der Waals surface area contributed by atoms with E-state index < -0.39 is 0 Å². The Kier molecular flexibility index (Phi) is 4.23. The van der Waals surface area contributed by atoms with E-state index in [2.05, 4.69) is 6.58 Å². The third-order valence-electron chi connectivity index (χ3n) is 1.97. The number of nitrogens with one attached hydrogen (secondary N) is 1. The first-order valence-electron chi connectivity index (χ1n) is 4.69. The van der Waals surface area contributed by atoms with Crippen molar-refractivity contribution >= 4 is 12.0 Å². The second-order valence-corrected chi connectivity index (χ2v) is 3.08. The van der Waals surface area contributed by atoms with Gasteiger partial charge in [-0.15, -0.1) is 0 Å². The number of hydrogen-bond acceptors (Lipinski definition) is 2. The van der Waals surface area contributed by atoms with Gasteiger partial charge in [-0.1, -0.05) is 43.0 Å². The molecule has 0 spiro atoms. The molecule has 0 heterocycles. The molecule has 1 aromatic rings. The van der Waals surface area contributed by atoms with E-state index in [1.165, 1.54) is 0 Å². The zero-order valence-electron chi connectivity index (χ0n) is 8.44. The summed E-state index contributed by atoms with van der Waals surface area (Å²) in [7, 11) is 0. The van der Waals surface area contributed by atoms with Gasteiger partial charge in [0.15, 0.2) is 0 Å². The molecule has 0 radical (unpaired) electrons. The van der Waals surface area contributed by atoms with Gasteiger partial charge in [0.2, 0.25) is 5.78 Å². The third kappa shape index (κ3) is 3.35. The summed E-state index contributed by atoms with van der Waals surface area (Å²) in [5.41, 5.74) is 1.62. The monoisotopic (exact) mass is 199 g/mol. The summed E-state index contributed by atoms with van der Waals surface area (Å²) >= 11 is 0. The molecule has 0 aliphatic heterocycles. The first-order valence-corrected chi connectivity index (χ1v) is 4.69.